The van der Waals surface area contributed by atoms with Crippen LogP contribution in [0.2, 0.25) is 0 Å². The maximum atomic E-state index is 12.8. The molecule has 0 spiro atoms. The number of rotatable bonds is 5. The van der Waals surface area contributed by atoms with Crippen molar-refractivity contribution in [1.29, 1.82) is 0 Å². The number of benzene rings is 1. The summed E-state index contributed by atoms with van der Waals surface area (Å²) in [6, 6.07) is 2.87. The summed E-state index contributed by atoms with van der Waals surface area (Å²) in [6.07, 6.45) is 0.754. The molecule has 1 unspecified atom stereocenters. The molecule has 0 aliphatic carbocycles. The molecule has 1 atom stereocenters. The van der Waals surface area contributed by atoms with Crippen molar-refractivity contribution in [3.05, 3.63) is 23.8 Å². The molecule has 1 fully saturated rings. The largest absolute Gasteiger partial charge is 0.496 e. The Bertz CT molecular complexity index is 759. The highest BCUT2D eigenvalue weighted by Crippen LogP contribution is 2.29. The Morgan fingerprint density at radius 3 is 2.54 bits per heavy atom. The monoisotopic (exact) mass is 356 g/mol. The molecule has 1 aliphatic rings. The van der Waals surface area contributed by atoms with Gasteiger partial charge in [0.2, 0.25) is 10.0 Å². The van der Waals surface area contributed by atoms with Gasteiger partial charge in [-0.1, -0.05) is 0 Å². The summed E-state index contributed by atoms with van der Waals surface area (Å²) in [5, 5.41) is 9.20. The predicted octanol–water partition coefficient (Wildman–Crippen LogP) is 0.635. The fourth-order valence-electron chi connectivity index (χ4n) is 2.67. The molecule has 132 valence electrons. The van der Waals surface area contributed by atoms with Crippen molar-refractivity contribution in [3.63, 3.8) is 0 Å². The first kappa shape index (κ1) is 18.2. The van der Waals surface area contributed by atoms with Crippen molar-refractivity contribution in [1.82, 2.24) is 9.21 Å². The number of amides is 1. The SMILES string of the molecule is COc1ccc(S(=O)(=O)N2CCCC2C(=O)O)cc1C(=O)N(C)C. The first-order valence-electron chi connectivity index (χ1n) is 7.34. The van der Waals surface area contributed by atoms with Gasteiger partial charge in [0, 0.05) is 20.6 Å². The second-order valence-electron chi connectivity index (χ2n) is 5.67. The second-order valence-corrected chi connectivity index (χ2v) is 7.56. The topological polar surface area (TPSA) is 104 Å². The summed E-state index contributed by atoms with van der Waals surface area (Å²) < 4.78 is 31.7. The molecule has 1 heterocycles. The fraction of sp³-hybridized carbons (Fsp3) is 0.467. The number of aliphatic carboxylic acids is 1. The van der Waals surface area contributed by atoms with Gasteiger partial charge in [0.05, 0.1) is 17.6 Å². The van der Waals surface area contributed by atoms with E-state index >= 15 is 0 Å². The summed E-state index contributed by atoms with van der Waals surface area (Å²) >= 11 is 0. The van der Waals surface area contributed by atoms with E-state index in [4.69, 9.17) is 4.74 Å². The van der Waals surface area contributed by atoms with Crippen molar-refractivity contribution in [2.24, 2.45) is 0 Å². The minimum absolute atomic E-state index is 0.106. The number of carbonyl (C=O) groups is 2. The highest BCUT2D eigenvalue weighted by Gasteiger charge is 2.39. The minimum Gasteiger partial charge on any atom is -0.496 e. The minimum atomic E-state index is -4.01. The third-order valence-corrected chi connectivity index (χ3v) is 5.81. The van der Waals surface area contributed by atoms with Gasteiger partial charge in [-0.3, -0.25) is 9.59 Å². The zero-order chi connectivity index (χ0) is 18.1. The van der Waals surface area contributed by atoms with Crippen molar-refractivity contribution in [3.8, 4) is 5.75 Å². The Morgan fingerprint density at radius 1 is 1.33 bits per heavy atom. The molecule has 0 bridgehead atoms. The van der Waals surface area contributed by atoms with Crippen LogP contribution in [-0.4, -0.2) is 68.4 Å². The first-order chi connectivity index (χ1) is 11.2. The highest BCUT2D eigenvalue weighted by molar-refractivity contribution is 7.89. The number of carboxylic acids is 1. The number of hydrogen-bond donors (Lipinski definition) is 1. The average molecular weight is 356 g/mol. The van der Waals surface area contributed by atoms with Crippen LogP contribution < -0.4 is 4.74 Å². The lowest BCUT2D eigenvalue weighted by Gasteiger charge is -2.22. The molecule has 0 saturated carbocycles. The molecule has 0 aromatic heterocycles. The number of carboxylic acid groups (broad SMARTS) is 1. The maximum Gasteiger partial charge on any atom is 0.322 e. The Balaban J connectivity index is 2.50. The van der Waals surface area contributed by atoms with Crippen LogP contribution >= 0.6 is 0 Å². The van der Waals surface area contributed by atoms with E-state index in [-0.39, 0.29) is 29.2 Å². The van der Waals surface area contributed by atoms with Gasteiger partial charge in [-0.2, -0.15) is 4.31 Å². The summed E-state index contributed by atoms with van der Waals surface area (Å²) in [7, 11) is 0.463. The molecule has 1 aliphatic heterocycles. The third-order valence-electron chi connectivity index (χ3n) is 3.90. The lowest BCUT2D eigenvalue weighted by molar-refractivity contribution is -0.140. The number of hydrogen-bond acceptors (Lipinski definition) is 5. The van der Waals surface area contributed by atoms with Gasteiger partial charge in [-0.05, 0) is 31.0 Å². The van der Waals surface area contributed by atoms with E-state index in [9.17, 15) is 23.1 Å². The number of ether oxygens (including phenoxy) is 1. The van der Waals surface area contributed by atoms with Crippen molar-refractivity contribution >= 4 is 21.9 Å². The lowest BCUT2D eigenvalue weighted by Crippen LogP contribution is -2.40. The summed E-state index contributed by atoms with van der Waals surface area (Å²) in [6.45, 7) is 0.141. The molecule has 1 aromatic rings. The smallest absolute Gasteiger partial charge is 0.322 e. The molecule has 9 heteroatoms. The van der Waals surface area contributed by atoms with Crippen molar-refractivity contribution < 1.29 is 27.9 Å². The molecule has 0 radical (unpaired) electrons. The number of nitrogens with zero attached hydrogens (tertiary/aromatic N) is 2. The zero-order valence-electron chi connectivity index (χ0n) is 13.7. The van der Waals surface area contributed by atoms with E-state index in [1.807, 2.05) is 0 Å². The Hall–Kier alpha value is -2.13. The fourth-order valence-corrected chi connectivity index (χ4v) is 4.34. The molecule has 1 aromatic carbocycles. The molecule has 1 saturated heterocycles. The Labute approximate surface area is 140 Å². The molecule has 24 heavy (non-hydrogen) atoms. The van der Waals surface area contributed by atoms with Crippen LogP contribution in [0, 0.1) is 0 Å². The van der Waals surface area contributed by atoms with Gasteiger partial charge in [0.1, 0.15) is 11.8 Å². The average Bonchev–Trinajstić information content (AvgIpc) is 3.04. The molecular formula is C15H20N2O6S. The van der Waals surface area contributed by atoms with Gasteiger partial charge in [-0.15, -0.1) is 0 Å². The van der Waals surface area contributed by atoms with Gasteiger partial charge in [-0.25, -0.2) is 8.42 Å². The highest BCUT2D eigenvalue weighted by atomic mass is 32.2. The summed E-state index contributed by atoms with van der Waals surface area (Å²) in [4.78, 5) is 24.7. The van der Waals surface area contributed by atoms with E-state index < -0.39 is 27.9 Å². The van der Waals surface area contributed by atoms with Gasteiger partial charge in [0.15, 0.2) is 0 Å². The van der Waals surface area contributed by atoms with Crippen LogP contribution in [0.4, 0.5) is 0 Å². The van der Waals surface area contributed by atoms with Crippen molar-refractivity contribution in [2.75, 3.05) is 27.7 Å². The van der Waals surface area contributed by atoms with E-state index in [2.05, 4.69) is 0 Å². The number of carbonyl (C=O) groups excluding carboxylic acids is 1. The van der Waals surface area contributed by atoms with E-state index in [0.717, 1.165) is 4.31 Å². The normalized spacial score (nSPS) is 18.4. The Morgan fingerprint density at radius 2 is 2.00 bits per heavy atom. The Kier molecular flexibility index (Phi) is 5.14. The van der Waals surface area contributed by atoms with Crippen LogP contribution in [0.1, 0.15) is 23.2 Å². The summed E-state index contributed by atoms with van der Waals surface area (Å²) in [5.74, 6) is -1.32. The van der Waals surface area contributed by atoms with Gasteiger partial charge in [0.25, 0.3) is 5.91 Å². The number of sulfonamides is 1. The lowest BCUT2D eigenvalue weighted by atomic mass is 10.2. The van der Waals surface area contributed by atoms with E-state index in [0.29, 0.717) is 6.42 Å². The quantitative estimate of drug-likeness (QED) is 0.830. The van der Waals surface area contributed by atoms with Crippen LogP contribution in [-0.2, 0) is 14.8 Å². The van der Waals surface area contributed by atoms with Gasteiger partial charge < -0.3 is 14.7 Å². The van der Waals surface area contributed by atoms with Gasteiger partial charge >= 0.3 is 5.97 Å². The molecule has 2 rings (SSSR count). The zero-order valence-corrected chi connectivity index (χ0v) is 14.5. The van der Waals surface area contributed by atoms with Crippen LogP contribution in [0.3, 0.4) is 0 Å². The number of methoxy groups -OCH3 is 1. The third kappa shape index (κ3) is 3.22. The molecular weight excluding hydrogens is 336 g/mol. The predicted molar refractivity (Wildman–Crippen MR) is 85.6 cm³/mol. The second kappa shape index (κ2) is 6.78. The standard InChI is InChI=1S/C15H20N2O6S/c1-16(2)14(18)11-9-10(6-7-13(11)23-3)24(21,22)17-8-4-5-12(17)15(19)20/h6-7,9,12H,4-5,8H2,1-3H3,(H,19,20). The molecule has 8 nitrogen and oxygen atoms in total. The molecule has 1 N–H and O–H groups in total. The first-order valence-corrected chi connectivity index (χ1v) is 8.78. The van der Waals surface area contributed by atoms with Crippen molar-refractivity contribution in [2.45, 2.75) is 23.8 Å². The molecule has 1 amide bonds. The van der Waals surface area contributed by atoms with Crippen LogP contribution in [0.5, 0.6) is 5.75 Å². The van der Waals surface area contributed by atoms with E-state index in [1.165, 1.54) is 30.2 Å². The van der Waals surface area contributed by atoms with Crippen LogP contribution in [0.25, 0.3) is 0 Å². The van der Waals surface area contributed by atoms with E-state index in [1.54, 1.807) is 14.1 Å². The maximum absolute atomic E-state index is 12.8. The van der Waals surface area contributed by atoms with Crippen LogP contribution in [0.15, 0.2) is 23.1 Å². The summed E-state index contributed by atoms with van der Waals surface area (Å²) in [5.41, 5.74) is 0.106.